The van der Waals surface area contributed by atoms with Gasteiger partial charge in [-0.1, -0.05) is 27.5 Å². The zero-order chi connectivity index (χ0) is 14.7. The highest BCUT2D eigenvalue weighted by molar-refractivity contribution is 9.10. The number of hydrogen-bond donors (Lipinski definition) is 1. The number of rotatable bonds is 4. The average Bonchev–Trinajstić information content (AvgIpc) is 2.39. The minimum Gasteiger partial charge on any atom is -0.370 e. The zero-order valence-corrected chi connectivity index (χ0v) is 13.6. The fourth-order valence-corrected chi connectivity index (χ4v) is 2.65. The molecule has 0 spiro atoms. The third kappa shape index (κ3) is 3.61. The fourth-order valence-electron chi connectivity index (χ4n) is 1.78. The summed E-state index contributed by atoms with van der Waals surface area (Å²) in [7, 11) is 3.49. The SMILES string of the molecule is CN(C)C(=O)CCNc1ccc2cc(Br)cc(Cl)c2n1. The second-order valence-corrected chi connectivity index (χ2v) is 5.94. The van der Waals surface area contributed by atoms with Gasteiger partial charge in [-0.3, -0.25) is 4.79 Å². The highest BCUT2D eigenvalue weighted by atomic mass is 79.9. The molecule has 0 saturated heterocycles. The first-order valence-corrected chi connectivity index (χ1v) is 7.34. The van der Waals surface area contributed by atoms with Gasteiger partial charge in [-0.15, -0.1) is 0 Å². The Morgan fingerprint density at radius 1 is 1.40 bits per heavy atom. The normalized spacial score (nSPS) is 10.6. The number of aromatic nitrogens is 1. The van der Waals surface area contributed by atoms with Crippen LogP contribution < -0.4 is 5.32 Å². The molecule has 0 radical (unpaired) electrons. The van der Waals surface area contributed by atoms with E-state index in [1.54, 1.807) is 19.0 Å². The number of carbonyl (C=O) groups excluding carboxylic acids is 1. The third-order valence-corrected chi connectivity index (χ3v) is 3.60. The maximum Gasteiger partial charge on any atom is 0.223 e. The molecule has 1 aromatic carbocycles. The van der Waals surface area contributed by atoms with E-state index in [9.17, 15) is 4.79 Å². The van der Waals surface area contributed by atoms with Gasteiger partial charge >= 0.3 is 0 Å². The lowest BCUT2D eigenvalue weighted by molar-refractivity contribution is -0.128. The number of nitrogens with zero attached hydrogens (tertiary/aromatic N) is 2. The molecule has 0 bridgehead atoms. The Balaban J connectivity index is 2.10. The van der Waals surface area contributed by atoms with Crippen molar-refractivity contribution in [2.75, 3.05) is 26.0 Å². The maximum atomic E-state index is 11.5. The molecule has 0 aliphatic carbocycles. The van der Waals surface area contributed by atoms with Crippen molar-refractivity contribution in [3.8, 4) is 0 Å². The van der Waals surface area contributed by atoms with E-state index in [0.29, 0.717) is 23.8 Å². The number of benzene rings is 1. The Kier molecular flexibility index (Phi) is 4.83. The molecule has 0 aliphatic rings. The van der Waals surface area contributed by atoms with Crippen LogP contribution in [0, 0.1) is 0 Å². The number of carbonyl (C=O) groups is 1. The van der Waals surface area contributed by atoms with E-state index in [1.165, 1.54) is 0 Å². The zero-order valence-electron chi connectivity index (χ0n) is 11.3. The lowest BCUT2D eigenvalue weighted by Crippen LogP contribution is -2.24. The second kappa shape index (κ2) is 6.41. The summed E-state index contributed by atoms with van der Waals surface area (Å²) in [4.78, 5) is 17.5. The summed E-state index contributed by atoms with van der Waals surface area (Å²) in [5.74, 6) is 0.800. The molecule has 1 aromatic heterocycles. The topological polar surface area (TPSA) is 45.2 Å². The summed E-state index contributed by atoms with van der Waals surface area (Å²) < 4.78 is 0.925. The van der Waals surface area contributed by atoms with Crippen molar-refractivity contribution < 1.29 is 4.79 Å². The van der Waals surface area contributed by atoms with E-state index >= 15 is 0 Å². The van der Waals surface area contributed by atoms with E-state index in [4.69, 9.17) is 11.6 Å². The largest absolute Gasteiger partial charge is 0.370 e. The Hall–Kier alpha value is -1.33. The van der Waals surface area contributed by atoms with Crippen LogP contribution in [-0.4, -0.2) is 36.4 Å². The molecular weight excluding hydrogens is 342 g/mol. The van der Waals surface area contributed by atoms with E-state index in [1.807, 2.05) is 24.3 Å². The summed E-state index contributed by atoms with van der Waals surface area (Å²) in [5.41, 5.74) is 0.749. The van der Waals surface area contributed by atoms with Crippen molar-refractivity contribution >= 4 is 50.2 Å². The predicted molar refractivity (Wildman–Crippen MR) is 86.3 cm³/mol. The first kappa shape index (κ1) is 15.1. The maximum absolute atomic E-state index is 11.5. The van der Waals surface area contributed by atoms with Crippen molar-refractivity contribution in [1.29, 1.82) is 0 Å². The molecule has 0 unspecified atom stereocenters. The number of anilines is 1. The lowest BCUT2D eigenvalue weighted by Gasteiger charge is -2.11. The highest BCUT2D eigenvalue weighted by Crippen LogP contribution is 2.27. The quantitative estimate of drug-likeness (QED) is 0.911. The molecule has 6 heteroatoms. The monoisotopic (exact) mass is 355 g/mol. The number of halogens is 2. The van der Waals surface area contributed by atoms with Crippen LogP contribution in [-0.2, 0) is 4.79 Å². The Labute approximate surface area is 131 Å². The van der Waals surface area contributed by atoms with Crippen LogP contribution in [0.4, 0.5) is 5.82 Å². The highest BCUT2D eigenvalue weighted by Gasteiger charge is 2.06. The van der Waals surface area contributed by atoms with Crippen molar-refractivity contribution in [3.63, 3.8) is 0 Å². The molecular formula is C14H15BrClN3O. The van der Waals surface area contributed by atoms with Gasteiger partial charge in [0.1, 0.15) is 5.82 Å². The van der Waals surface area contributed by atoms with E-state index in [-0.39, 0.29) is 5.91 Å². The van der Waals surface area contributed by atoms with Gasteiger partial charge in [0, 0.05) is 36.9 Å². The number of fused-ring (bicyclic) bond motifs is 1. The minimum absolute atomic E-state index is 0.0836. The molecule has 1 heterocycles. The molecule has 2 aromatic rings. The standard InChI is InChI=1S/C14H15BrClN3O/c1-19(2)13(20)5-6-17-12-4-3-9-7-10(15)8-11(16)14(9)18-12/h3-4,7-8H,5-6H2,1-2H3,(H,17,18). The molecule has 0 aliphatic heterocycles. The van der Waals surface area contributed by atoms with Gasteiger partial charge in [-0.2, -0.15) is 0 Å². The molecule has 2 rings (SSSR count). The Morgan fingerprint density at radius 3 is 2.85 bits per heavy atom. The van der Waals surface area contributed by atoms with Crippen LogP contribution >= 0.6 is 27.5 Å². The van der Waals surface area contributed by atoms with Crippen LogP contribution in [0.25, 0.3) is 10.9 Å². The van der Waals surface area contributed by atoms with Gasteiger partial charge in [0.25, 0.3) is 0 Å². The molecule has 0 atom stereocenters. The summed E-state index contributed by atoms with van der Waals surface area (Å²) in [6.07, 6.45) is 0.431. The predicted octanol–water partition coefficient (Wildman–Crippen LogP) is 3.54. The smallest absolute Gasteiger partial charge is 0.223 e. The van der Waals surface area contributed by atoms with Gasteiger partial charge < -0.3 is 10.2 Å². The van der Waals surface area contributed by atoms with Gasteiger partial charge in [-0.25, -0.2) is 4.98 Å². The van der Waals surface area contributed by atoms with Crippen LogP contribution in [0.3, 0.4) is 0 Å². The fraction of sp³-hybridized carbons (Fsp3) is 0.286. The minimum atomic E-state index is 0.0836. The van der Waals surface area contributed by atoms with Crippen LogP contribution in [0.1, 0.15) is 6.42 Å². The van der Waals surface area contributed by atoms with Crippen LogP contribution in [0.15, 0.2) is 28.7 Å². The number of hydrogen-bond acceptors (Lipinski definition) is 3. The van der Waals surface area contributed by atoms with Crippen molar-refractivity contribution in [1.82, 2.24) is 9.88 Å². The molecule has 0 saturated carbocycles. The third-order valence-electron chi connectivity index (χ3n) is 2.85. The molecule has 1 amide bonds. The molecule has 106 valence electrons. The van der Waals surface area contributed by atoms with Crippen LogP contribution in [0.5, 0.6) is 0 Å². The molecule has 20 heavy (non-hydrogen) atoms. The van der Waals surface area contributed by atoms with E-state index in [2.05, 4.69) is 26.2 Å². The summed E-state index contributed by atoms with van der Waals surface area (Å²) in [5, 5.41) is 4.71. The Bertz CT molecular complexity index is 646. The van der Waals surface area contributed by atoms with Crippen molar-refractivity contribution in [2.24, 2.45) is 0 Å². The van der Waals surface area contributed by atoms with Gasteiger partial charge in [-0.05, 0) is 24.3 Å². The van der Waals surface area contributed by atoms with Crippen LogP contribution in [0.2, 0.25) is 5.02 Å². The molecule has 4 nitrogen and oxygen atoms in total. The van der Waals surface area contributed by atoms with Crippen molar-refractivity contribution in [2.45, 2.75) is 6.42 Å². The van der Waals surface area contributed by atoms with E-state index < -0.39 is 0 Å². The Morgan fingerprint density at radius 2 is 2.15 bits per heavy atom. The second-order valence-electron chi connectivity index (χ2n) is 4.62. The summed E-state index contributed by atoms with van der Waals surface area (Å²) in [6, 6.07) is 7.62. The molecule has 1 N–H and O–H groups in total. The van der Waals surface area contributed by atoms with Gasteiger partial charge in [0.05, 0.1) is 10.5 Å². The lowest BCUT2D eigenvalue weighted by atomic mass is 10.2. The first-order chi connectivity index (χ1) is 9.47. The number of amides is 1. The van der Waals surface area contributed by atoms with E-state index in [0.717, 1.165) is 15.4 Å². The van der Waals surface area contributed by atoms with Crippen molar-refractivity contribution in [3.05, 3.63) is 33.8 Å². The first-order valence-electron chi connectivity index (χ1n) is 6.17. The summed E-state index contributed by atoms with van der Waals surface area (Å²) in [6.45, 7) is 0.545. The number of nitrogens with one attached hydrogen (secondary N) is 1. The average molecular weight is 357 g/mol. The van der Waals surface area contributed by atoms with Gasteiger partial charge in [0.15, 0.2) is 0 Å². The van der Waals surface area contributed by atoms with Gasteiger partial charge in [0.2, 0.25) is 5.91 Å². The summed E-state index contributed by atoms with van der Waals surface area (Å²) >= 11 is 9.58. The number of pyridine rings is 1. The molecule has 0 fully saturated rings.